The van der Waals surface area contributed by atoms with Crippen LogP contribution in [0.3, 0.4) is 0 Å². The topological polar surface area (TPSA) is 290 Å². The Morgan fingerprint density at radius 2 is 1.16 bits per heavy atom. The summed E-state index contributed by atoms with van der Waals surface area (Å²) in [6.45, 7) is 4.98. The number of benzene rings is 4. The number of Topliss-reactive ketones (excluding diaryl/α,β-unsaturated/α-hetero) is 2. The molecule has 0 bridgehead atoms. The van der Waals surface area contributed by atoms with Crippen LogP contribution in [0.2, 0.25) is 0 Å². The van der Waals surface area contributed by atoms with Gasteiger partial charge in [0.15, 0.2) is 39.7 Å². The van der Waals surface area contributed by atoms with Gasteiger partial charge in [-0.1, -0.05) is 64.1 Å². The molecule has 0 saturated heterocycles. The van der Waals surface area contributed by atoms with Gasteiger partial charge in [0, 0.05) is 70.6 Å². The maximum absolute atomic E-state index is 12.8. The number of carbonyl (C=O) groups excluding carboxylic acids is 5. The molecule has 26 heteroatoms. The number of anilines is 1. The molecule has 0 aliphatic carbocycles. The van der Waals surface area contributed by atoms with Gasteiger partial charge >= 0.3 is 115 Å². The first kappa shape index (κ1) is 68.7. The molecule has 0 aliphatic heterocycles. The Labute approximate surface area is 559 Å². The minimum Gasteiger partial charge on any atom is -1.00 e. The second kappa shape index (κ2) is 35.4. The van der Waals surface area contributed by atoms with Crippen molar-refractivity contribution in [3.8, 4) is 23.0 Å². The molecule has 0 unspecified atom stereocenters. The fraction of sp³-hybridized carbons (Fsp3) is 0.302. The van der Waals surface area contributed by atoms with Gasteiger partial charge in [-0.3, -0.25) is 29.4 Å². The quantitative estimate of drug-likeness (QED) is 0.00767. The predicted octanol–water partition coefficient (Wildman–Crippen LogP) is 2.34. The Kier molecular flexibility index (Phi) is 30.8. The number of H-pyrrole nitrogens is 2. The van der Waals surface area contributed by atoms with Gasteiger partial charge in [-0.25, -0.2) is 9.97 Å². The molecule has 8 rings (SSSR count). The summed E-state index contributed by atoms with van der Waals surface area (Å²) in [5.74, 6) is 2.16. The van der Waals surface area contributed by atoms with Crippen molar-refractivity contribution in [2.75, 3.05) is 58.5 Å². The van der Waals surface area contributed by atoms with E-state index in [4.69, 9.17) is 62.1 Å². The van der Waals surface area contributed by atoms with Crippen molar-refractivity contribution < 1.29 is 167 Å². The number of nitrogens with one attached hydrogen (secondary N) is 3. The summed E-state index contributed by atoms with van der Waals surface area (Å²) in [5, 5.41) is 21.4. The van der Waals surface area contributed by atoms with Gasteiger partial charge in [-0.15, -0.1) is 0 Å². The molecule has 0 atom stereocenters. The van der Waals surface area contributed by atoms with Crippen LogP contribution in [0.4, 0.5) is 5.82 Å². The third-order valence-corrected chi connectivity index (χ3v) is 13.0. The molecule has 0 spiro atoms. The second-order valence-electron chi connectivity index (χ2n) is 16.1. The number of nitrogens with zero attached hydrogens (tertiary/aromatic N) is 4. The van der Waals surface area contributed by atoms with Crippen molar-refractivity contribution in [1.29, 1.82) is 5.41 Å². The number of para-hydroxylation sites is 2. The molecule has 79 heavy (non-hydrogen) atoms. The van der Waals surface area contributed by atoms with Gasteiger partial charge in [0.1, 0.15) is 16.6 Å². The van der Waals surface area contributed by atoms with Crippen LogP contribution < -0.4 is 138 Å². The normalized spacial score (nSPS) is 10.3. The number of thioether (sulfide) groups is 1. The van der Waals surface area contributed by atoms with E-state index in [1.807, 2.05) is 60.7 Å². The molecule has 8 aromatic rings. The van der Waals surface area contributed by atoms with E-state index in [1.54, 1.807) is 61.5 Å². The van der Waals surface area contributed by atoms with Gasteiger partial charge in [0.2, 0.25) is 4.77 Å². The van der Waals surface area contributed by atoms with Crippen LogP contribution in [0.25, 0.3) is 43.6 Å². The van der Waals surface area contributed by atoms with Gasteiger partial charge in [0.05, 0.1) is 69.8 Å². The van der Waals surface area contributed by atoms with E-state index in [2.05, 4.69) is 40.5 Å². The number of halogens is 1. The van der Waals surface area contributed by atoms with Crippen LogP contribution in [0, 0.1) is 10.2 Å². The third kappa shape index (κ3) is 19.3. The molecule has 4 aromatic heterocycles. The monoisotopic (exact) mass is 1240 g/mol. The van der Waals surface area contributed by atoms with E-state index in [9.17, 15) is 19.2 Å². The number of aromatic amines is 2. The van der Waals surface area contributed by atoms with Crippen molar-refractivity contribution >= 4 is 119 Å². The fourth-order valence-electron chi connectivity index (χ4n) is 7.70. The summed E-state index contributed by atoms with van der Waals surface area (Å²) >= 11 is 9.57. The number of ether oxygens (including phenoxy) is 6. The maximum Gasteiger partial charge on any atom is 1.00 e. The minimum atomic E-state index is -0.358. The molecule has 0 aliphatic rings. The van der Waals surface area contributed by atoms with Crippen LogP contribution in [-0.4, -0.2) is 112 Å². The number of rotatable bonds is 21. The van der Waals surface area contributed by atoms with E-state index >= 15 is 0 Å². The smallest absolute Gasteiger partial charge is 1.00 e. The van der Waals surface area contributed by atoms with Gasteiger partial charge in [0.25, 0.3) is 6.47 Å². The molecular formula is C53H59BrK2N8O13S2. The van der Waals surface area contributed by atoms with Crippen molar-refractivity contribution in [3.05, 3.63) is 107 Å². The zero-order valence-electron chi connectivity index (χ0n) is 46.1. The Hall–Kier alpha value is -4.53. The summed E-state index contributed by atoms with van der Waals surface area (Å²) < 4.78 is 34.9. The van der Waals surface area contributed by atoms with Crippen molar-refractivity contribution in [3.63, 3.8) is 0 Å². The number of fused-ring (bicyclic) bond motifs is 4. The molecule has 21 nitrogen and oxygen atoms in total. The van der Waals surface area contributed by atoms with Gasteiger partial charge < -0.3 is 64.8 Å². The Morgan fingerprint density at radius 1 is 0.722 bits per heavy atom. The second-order valence-corrected chi connectivity index (χ2v) is 18.0. The molecule has 0 radical (unpaired) electrons. The van der Waals surface area contributed by atoms with Gasteiger partial charge in [-0.05, 0) is 75.3 Å². The van der Waals surface area contributed by atoms with Crippen LogP contribution in [-0.2, 0) is 41.8 Å². The molecule has 0 amide bonds. The third-order valence-electron chi connectivity index (χ3n) is 11.3. The minimum absolute atomic E-state index is 0. The molecule has 0 saturated carbocycles. The summed E-state index contributed by atoms with van der Waals surface area (Å²) in [5.41, 5.74) is 10.8. The van der Waals surface area contributed by atoms with Crippen molar-refractivity contribution in [2.24, 2.45) is 0 Å². The largest absolute Gasteiger partial charge is 1.00 e. The Balaban J connectivity index is 0.000000450. The van der Waals surface area contributed by atoms with E-state index in [0.717, 1.165) is 27.2 Å². The standard InChI is InChI=1S/C26H28N4O5S.C22H22N4O3S.C4H7BrO2.CH2O3.2K.H/c1-4-35-24(32)15-36-26-29-19-14-23(34-3)22(33-2)13-17(19)25(27)30(26)11-7-10-21(31)20-12-16-8-5-6-9-18(16)28-20;1-28-19-11-14-16(12-20(19)29-2)25-22(30)26(21(14)23)9-5-8-18(27)17-10-13-6-3-4-7-15(13)24-17;1-2-7-4(6)3-5;2-1-4-3;;;/h5-6,8-9,12-14,27-28H,4,7,10-11,15H2,1-3H3;3-4,6-7,10-12,24H,5,8-9,23H2,1-2H3;2-3H2,1H3;1,3H;;;/q;;;;2*+1;-1/p-1. The number of carbonyl (C=O) groups is 5. The maximum atomic E-state index is 12.8. The average molecular weight is 1240 g/mol. The Bertz CT molecular complexity index is 3420. The van der Waals surface area contributed by atoms with Gasteiger partial charge in [-0.2, -0.15) is 0 Å². The number of alkyl halides is 1. The first-order valence-electron chi connectivity index (χ1n) is 23.8. The SMILES string of the molecule is CCOC(=O)CBr.CCOC(=O)CSc1nc2cc(OC)c(OC)cc2c(=N)n1CCCC(=O)c1cc2ccccc2[nH]1.COc1cc2nc(=S)n(CCCC(=O)c3cc4ccccc4[nH]3)c(N)c2cc1OC.O=CO[O-].[H-].[K+].[K+]. The summed E-state index contributed by atoms with van der Waals surface area (Å²) in [7, 11) is 6.20. The molecular weight excluding hydrogens is 1180 g/mol. The molecule has 4 aromatic carbocycles. The molecule has 0 fully saturated rings. The van der Waals surface area contributed by atoms with Crippen molar-refractivity contribution in [1.82, 2.24) is 29.1 Å². The van der Waals surface area contributed by atoms with E-state index in [-0.39, 0.29) is 145 Å². The van der Waals surface area contributed by atoms with Crippen LogP contribution >= 0.6 is 39.9 Å². The predicted molar refractivity (Wildman–Crippen MR) is 297 cm³/mol. The fourth-order valence-corrected chi connectivity index (χ4v) is 8.99. The zero-order chi connectivity index (χ0) is 56.0. The number of esters is 2. The number of nitrogen functional groups attached to an aromatic ring is 1. The average Bonchev–Trinajstić information content (AvgIpc) is 4.12. The number of hydrogen-bond donors (Lipinski definition) is 4. The number of ketones is 2. The number of methoxy groups -OCH3 is 4. The number of nitrogens with two attached hydrogens (primary N) is 1. The summed E-state index contributed by atoms with van der Waals surface area (Å²) in [6.07, 6.45) is 1.76. The van der Waals surface area contributed by atoms with E-state index in [1.165, 1.54) is 26.0 Å². The first-order valence-corrected chi connectivity index (χ1v) is 26.3. The molecule has 410 valence electrons. The number of hydrogen-bond acceptors (Lipinski definition) is 19. The van der Waals surface area contributed by atoms with Crippen LogP contribution in [0.1, 0.15) is 61.9 Å². The van der Waals surface area contributed by atoms with E-state index < -0.39 is 0 Å². The van der Waals surface area contributed by atoms with Crippen LogP contribution in [0.15, 0.2) is 90.1 Å². The Morgan fingerprint density at radius 3 is 1.61 bits per heavy atom. The van der Waals surface area contributed by atoms with Crippen LogP contribution in [0.5, 0.6) is 23.0 Å². The summed E-state index contributed by atoms with van der Waals surface area (Å²) in [4.78, 5) is 74.3. The number of aromatic nitrogens is 6. The zero-order valence-corrected chi connectivity index (χ0v) is 54.6. The molecule has 5 N–H and O–H groups in total. The summed E-state index contributed by atoms with van der Waals surface area (Å²) in [6, 6.07) is 26.3. The first-order chi connectivity index (χ1) is 37.2. The van der Waals surface area contributed by atoms with E-state index in [0.29, 0.717) is 124 Å². The van der Waals surface area contributed by atoms with Crippen molar-refractivity contribution in [2.45, 2.75) is 57.8 Å². The molecule has 4 heterocycles.